The van der Waals surface area contributed by atoms with E-state index in [0.29, 0.717) is 19.3 Å². The molecule has 0 aromatic rings. The van der Waals surface area contributed by atoms with Crippen LogP contribution in [0.5, 0.6) is 0 Å². The van der Waals surface area contributed by atoms with E-state index in [1.807, 2.05) is 0 Å². The van der Waals surface area contributed by atoms with Crippen molar-refractivity contribution in [1.29, 1.82) is 0 Å². The topological polar surface area (TPSA) is 78.9 Å². The number of hydrogen-bond donors (Lipinski definition) is 0. The Morgan fingerprint density at radius 1 is 0.304 bits per heavy atom. The summed E-state index contributed by atoms with van der Waals surface area (Å²) < 4.78 is 16.9. The normalized spacial score (nSPS) is 12.4. The average molecular weight is 966 g/mol. The molecule has 0 spiro atoms. The van der Waals surface area contributed by atoms with Crippen LogP contribution in [0.3, 0.4) is 0 Å². The molecular formula is C63H112O6. The molecule has 69 heavy (non-hydrogen) atoms. The van der Waals surface area contributed by atoms with Crippen molar-refractivity contribution in [1.82, 2.24) is 0 Å². The summed E-state index contributed by atoms with van der Waals surface area (Å²) in [7, 11) is 0. The van der Waals surface area contributed by atoms with Crippen LogP contribution in [-0.2, 0) is 28.6 Å². The van der Waals surface area contributed by atoms with E-state index >= 15 is 0 Å². The van der Waals surface area contributed by atoms with Crippen LogP contribution in [0.15, 0.2) is 60.8 Å². The maximum Gasteiger partial charge on any atom is 0.306 e. The van der Waals surface area contributed by atoms with E-state index in [1.165, 1.54) is 161 Å². The molecule has 0 N–H and O–H groups in total. The number of rotatable bonds is 54. The van der Waals surface area contributed by atoms with Crippen LogP contribution in [0.2, 0.25) is 0 Å². The van der Waals surface area contributed by atoms with Crippen molar-refractivity contribution in [3.8, 4) is 0 Å². The van der Waals surface area contributed by atoms with Gasteiger partial charge in [0.1, 0.15) is 13.2 Å². The lowest BCUT2D eigenvalue weighted by Crippen LogP contribution is -2.30. The molecule has 0 saturated carbocycles. The Hall–Kier alpha value is -2.89. The molecule has 0 saturated heterocycles. The summed E-state index contributed by atoms with van der Waals surface area (Å²) in [5, 5.41) is 0. The van der Waals surface area contributed by atoms with Gasteiger partial charge in [0.2, 0.25) is 0 Å². The highest BCUT2D eigenvalue weighted by Gasteiger charge is 2.19. The maximum atomic E-state index is 12.9. The van der Waals surface area contributed by atoms with Gasteiger partial charge in [0.05, 0.1) is 0 Å². The fourth-order valence-corrected chi connectivity index (χ4v) is 8.55. The summed E-state index contributed by atoms with van der Waals surface area (Å²) in [6.07, 6.45) is 72.1. The molecular weight excluding hydrogens is 853 g/mol. The van der Waals surface area contributed by atoms with Gasteiger partial charge >= 0.3 is 17.9 Å². The van der Waals surface area contributed by atoms with Crippen molar-refractivity contribution < 1.29 is 28.6 Å². The zero-order valence-electron chi connectivity index (χ0n) is 45.8. The molecule has 0 aliphatic carbocycles. The minimum atomic E-state index is -0.783. The van der Waals surface area contributed by atoms with Crippen LogP contribution >= 0.6 is 0 Å². The van der Waals surface area contributed by atoms with Crippen LogP contribution in [0.25, 0.3) is 0 Å². The van der Waals surface area contributed by atoms with Gasteiger partial charge in [0, 0.05) is 19.3 Å². The Morgan fingerprint density at radius 2 is 0.565 bits per heavy atom. The molecule has 400 valence electrons. The van der Waals surface area contributed by atoms with Gasteiger partial charge < -0.3 is 14.2 Å². The lowest BCUT2D eigenvalue weighted by Gasteiger charge is -2.18. The third-order valence-corrected chi connectivity index (χ3v) is 13.0. The first-order valence-electron chi connectivity index (χ1n) is 29.8. The van der Waals surface area contributed by atoms with E-state index in [9.17, 15) is 14.4 Å². The summed E-state index contributed by atoms with van der Waals surface area (Å²) in [6.45, 7) is 6.54. The predicted molar refractivity (Wildman–Crippen MR) is 298 cm³/mol. The lowest BCUT2D eigenvalue weighted by atomic mass is 10.0. The summed E-state index contributed by atoms with van der Waals surface area (Å²) in [5.74, 6) is -0.887. The molecule has 0 radical (unpaired) electrons. The summed E-state index contributed by atoms with van der Waals surface area (Å²) >= 11 is 0. The van der Waals surface area contributed by atoms with Crippen LogP contribution in [0.1, 0.15) is 303 Å². The second-order valence-corrected chi connectivity index (χ2v) is 19.9. The maximum absolute atomic E-state index is 12.9. The number of carbonyl (C=O) groups excluding carboxylic acids is 3. The number of esters is 3. The van der Waals surface area contributed by atoms with Gasteiger partial charge in [-0.2, -0.15) is 0 Å². The molecule has 0 bridgehead atoms. The highest BCUT2D eigenvalue weighted by molar-refractivity contribution is 5.71. The van der Waals surface area contributed by atoms with Crippen LogP contribution in [0.4, 0.5) is 0 Å². The predicted octanol–water partition coefficient (Wildman–Crippen LogP) is 20.0. The van der Waals surface area contributed by atoms with Crippen molar-refractivity contribution in [3.05, 3.63) is 60.8 Å². The van der Waals surface area contributed by atoms with Crippen LogP contribution in [-0.4, -0.2) is 37.2 Å². The zero-order valence-corrected chi connectivity index (χ0v) is 45.8. The van der Waals surface area contributed by atoms with Crippen molar-refractivity contribution >= 4 is 17.9 Å². The number of carbonyl (C=O) groups is 3. The molecule has 0 amide bonds. The molecule has 6 heteroatoms. The zero-order chi connectivity index (χ0) is 50.0. The molecule has 0 heterocycles. The highest BCUT2D eigenvalue weighted by atomic mass is 16.6. The van der Waals surface area contributed by atoms with E-state index in [1.54, 1.807) is 0 Å². The quantitative estimate of drug-likeness (QED) is 0.0262. The fourth-order valence-electron chi connectivity index (χ4n) is 8.55. The Bertz CT molecular complexity index is 1250. The van der Waals surface area contributed by atoms with Crippen LogP contribution in [0, 0.1) is 0 Å². The minimum absolute atomic E-state index is 0.0793. The molecule has 1 unspecified atom stereocenters. The van der Waals surface area contributed by atoms with E-state index < -0.39 is 6.10 Å². The van der Waals surface area contributed by atoms with E-state index in [2.05, 4.69) is 81.5 Å². The molecule has 0 aliphatic rings. The van der Waals surface area contributed by atoms with Gasteiger partial charge in [-0.3, -0.25) is 14.4 Å². The van der Waals surface area contributed by atoms with Gasteiger partial charge in [-0.05, 0) is 83.5 Å². The Morgan fingerprint density at radius 3 is 0.899 bits per heavy atom. The van der Waals surface area contributed by atoms with Crippen molar-refractivity contribution in [3.63, 3.8) is 0 Å². The SMILES string of the molecule is CC/C=C\C/C=C\C/C=C\C/C=C\CCCCCCCCC(=O)OCC(COC(=O)CCCCCCCCCCCCCCCCCC)OC(=O)CCCCCCC/C=C\CCCCCCCCC. The van der Waals surface area contributed by atoms with Gasteiger partial charge in [-0.1, -0.05) is 261 Å². The van der Waals surface area contributed by atoms with E-state index in [0.717, 1.165) is 103 Å². The second-order valence-electron chi connectivity index (χ2n) is 19.9. The molecule has 0 aromatic carbocycles. The van der Waals surface area contributed by atoms with Gasteiger partial charge in [0.15, 0.2) is 6.10 Å². The highest BCUT2D eigenvalue weighted by Crippen LogP contribution is 2.16. The average Bonchev–Trinajstić information content (AvgIpc) is 3.35. The fraction of sp³-hybridized carbons (Fsp3) is 0.794. The van der Waals surface area contributed by atoms with Gasteiger partial charge in [0.25, 0.3) is 0 Å². The number of unbranched alkanes of at least 4 members (excludes halogenated alkanes) is 33. The first-order chi connectivity index (χ1) is 34.0. The molecule has 0 rings (SSSR count). The molecule has 0 fully saturated rings. The Labute approximate surface area is 428 Å². The second kappa shape index (κ2) is 57.7. The molecule has 6 nitrogen and oxygen atoms in total. The first-order valence-corrected chi connectivity index (χ1v) is 29.8. The Kier molecular flexibility index (Phi) is 55.3. The number of hydrogen-bond acceptors (Lipinski definition) is 6. The minimum Gasteiger partial charge on any atom is -0.462 e. The third-order valence-electron chi connectivity index (χ3n) is 13.0. The standard InChI is InChI=1S/C63H112O6/c1-4-7-10-13-16-19-22-25-28-31-32-33-36-38-41-44-47-50-53-56-62(65)68-59-60(69-63(66)57-54-51-48-45-42-39-35-30-27-24-21-18-15-12-9-6-3)58-67-61(64)55-52-49-46-43-40-37-34-29-26-23-20-17-14-11-8-5-2/h7,10,16,19,25,28,30,32-33,35,60H,4-6,8-9,11-15,17-18,20-24,26-27,29,31,34,36-59H2,1-3H3/b10-7-,19-16-,28-25-,33-32-,35-30-. The van der Waals surface area contributed by atoms with Crippen molar-refractivity contribution in [2.75, 3.05) is 13.2 Å². The monoisotopic (exact) mass is 965 g/mol. The third kappa shape index (κ3) is 55.9. The van der Waals surface area contributed by atoms with Gasteiger partial charge in [-0.15, -0.1) is 0 Å². The van der Waals surface area contributed by atoms with Crippen molar-refractivity contribution in [2.24, 2.45) is 0 Å². The largest absolute Gasteiger partial charge is 0.462 e. The lowest BCUT2D eigenvalue weighted by molar-refractivity contribution is -0.167. The van der Waals surface area contributed by atoms with Crippen molar-refractivity contribution in [2.45, 2.75) is 309 Å². The number of allylic oxidation sites excluding steroid dienone is 10. The van der Waals surface area contributed by atoms with Gasteiger partial charge in [-0.25, -0.2) is 0 Å². The first kappa shape index (κ1) is 66.1. The van der Waals surface area contributed by atoms with E-state index in [4.69, 9.17) is 14.2 Å². The molecule has 1 atom stereocenters. The molecule has 0 aliphatic heterocycles. The Balaban J connectivity index is 4.39. The molecule has 0 aromatic heterocycles. The summed E-state index contributed by atoms with van der Waals surface area (Å²) in [5.41, 5.74) is 0. The number of ether oxygens (including phenoxy) is 3. The summed E-state index contributed by atoms with van der Waals surface area (Å²) in [4.78, 5) is 38.2. The van der Waals surface area contributed by atoms with Crippen LogP contribution < -0.4 is 0 Å². The summed E-state index contributed by atoms with van der Waals surface area (Å²) in [6, 6.07) is 0. The smallest absolute Gasteiger partial charge is 0.306 e. The van der Waals surface area contributed by atoms with E-state index in [-0.39, 0.29) is 31.1 Å².